The number of carbonyl (C=O) groups is 2. The summed E-state index contributed by atoms with van der Waals surface area (Å²) >= 11 is 5.64. The van der Waals surface area contributed by atoms with Gasteiger partial charge in [-0.05, 0) is 36.8 Å². The first-order valence-electron chi connectivity index (χ1n) is 8.21. The van der Waals surface area contributed by atoms with Crippen molar-refractivity contribution in [3.8, 4) is 11.5 Å². The zero-order chi connectivity index (χ0) is 19.8. The Labute approximate surface area is 160 Å². The van der Waals surface area contributed by atoms with Crippen molar-refractivity contribution in [1.82, 2.24) is 5.32 Å². The summed E-state index contributed by atoms with van der Waals surface area (Å²) in [7, 11) is 0. The third-order valence-corrected chi connectivity index (χ3v) is 3.87. The van der Waals surface area contributed by atoms with E-state index >= 15 is 0 Å². The van der Waals surface area contributed by atoms with Gasteiger partial charge in [-0.25, -0.2) is 4.39 Å². The Balaban J connectivity index is 2.05. The lowest BCUT2D eigenvalue weighted by atomic mass is 10.0. The number of para-hydroxylation sites is 2. The number of carbonyl (C=O) groups excluding carboxylic acids is 1. The van der Waals surface area contributed by atoms with Crippen LogP contribution in [0.1, 0.15) is 24.9 Å². The number of ether oxygens (including phenoxy) is 2. The minimum atomic E-state index is -1.14. The number of halogens is 2. The van der Waals surface area contributed by atoms with Crippen LogP contribution >= 0.6 is 11.6 Å². The van der Waals surface area contributed by atoms with Gasteiger partial charge < -0.3 is 19.9 Å². The molecule has 6 nitrogen and oxygen atoms in total. The standard InChI is InChI=1S/C19H19ClFNO5/c1-2-26-16-5-3-4-6-17(16)27-11-18(23)22-15(10-19(24)25)12-7-8-13(20)14(21)9-12/h3-9,15H,2,10-11H2,1H3,(H,22,23)(H,24,25). The number of carboxylic acid groups (broad SMARTS) is 1. The summed E-state index contributed by atoms with van der Waals surface area (Å²) in [6.07, 6.45) is -0.414. The SMILES string of the molecule is CCOc1ccccc1OCC(=O)NC(CC(=O)O)c1ccc(Cl)c(F)c1. The van der Waals surface area contributed by atoms with Gasteiger partial charge in [0.05, 0.1) is 24.1 Å². The predicted molar refractivity (Wildman–Crippen MR) is 97.7 cm³/mol. The normalized spacial score (nSPS) is 11.5. The van der Waals surface area contributed by atoms with Gasteiger partial charge in [0, 0.05) is 0 Å². The Hall–Kier alpha value is -2.80. The fraction of sp³-hybridized carbons (Fsp3) is 0.263. The minimum Gasteiger partial charge on any atom is -0.490 e. The average molecular weight is 396 g/mol. The van der Waals surface area contributed by atoms with Crippen LogP contribution in [0.4, 0.5) is 4.39 Å². The first kappa shape index (κ1) is 20.5. The zero-order valence-electron chi connectivity index (χ0n) is 14.6. The first-order chi connectivity index (χ1) is 12.9. The molecule has 0 saturated heterocycles. The third kappa shape index (κ3) is 6.14. The molecule has 144 valence electrons. The highest BCUT2D eigenvalue weighted by molar-refractivity contribution is 6.30. The number of hydrogen-bond donors (Lipinski definition) is 2. The molecular weight excluding hydrogens is 377 g/mol. The number of carboxylic acids is 1. The molecule has 2 N–H and O–H groups in total. The number of aliphatic carboxylic acids is 1. The molecule has 0 saturated carbocycles. The fourth-order valence-corrected chi connectivity index (χ4v) is 2.50. The molecule has 0 bridgehead atoms. The van der Waals surface area contributed by atoms with E-state index in [4.69, 9.17) is 26.2 Å². The van der Waals surface area contributed by atoms with Crippen molar-refractivity contribution in [2.24, 2.45) is 0 Å². The maximum atomic E-state index is 13.7. The monoisotopic (exact) mass is 395 g/mol. The zero-order valence-corrected chi connectivity index (χ0v) is 15.3. The van der Waals surface area contributed by atoms with E-state index in [1.807, 2.05) is 6.92 Å². The number of nitrogens with one attached hydrogen (secondary N) is 1. The van der Waals surface area contributed by atoms with Gasteiger partial charge >= 0.3 is 5.97 Å². The topological polar surface area (TPSA) is 84.9 Å². The van der Waals surface area contributed by atoms with Crippen LogP contribution in [-0.4, -0.2) is 30.2 Å². The fourth-order valence-electron chi connectivity index (χ4n) is 2.38. The first-order valence-corrected chi connectivity index (χ1v) is 8.59. The average Bonchev–Trinajstić information content (AvgIpc) is 2.62. The summed E-state index contributed by atoms with van der Waals surface area (Å²) in [5.41, 5.74) is 0.294. The molecule has 0 aliphatic carbocycles. The highest BCUT2D eigenvalue weighted by atomic mass is 35.5. The van der Waals surface area contributed by atoms with Crippen molar-refractivity contribution >= 4 is 23.5 Å². The van der Waals surface area contributed by atoms with Crippen molar-refractivity contribution in [2.75, 3.05) is 13.2 Å². The molecule has 2 rings (SSSR count). The molecule has 0 spiro atoms. The second kappa shape index (κ2) is 9.78. The summed E-state index contributed by atoms with van der Waals surface area (Å²) in [6.45, 7) is 1.91. The van der Waals surface area contributed by atoms with E-state index in [-0.39, 0.29) is 11.6 Å². The lowest BCUT2D eigenvalue weighted by Gasteiger charge is -2.18. The van der Waals surface area contributed by atoms with Gasteiger partial charge in [0.15, 0.2) is 18.1 Å². The van der Waals surface area contributed by atoms with E-state index in [1.165, 1.54) is 12.1 Å². The lowest BCUT2D eigenvalue weighted by Crippen LogP contribution is -2.34. The van der Waals surface area contributed by atoms with Crippen molar-refractivity contribution < 1.29 is 28.6 Å². The van der Waals surface area contributed by atoms with Crippen LogP contribution < -0.4 is 14.8 Å². The molecule has 0 fully saturated rings. The van der Waals surface area contributed by atoms with Crippen LogP contribution in [0.2, 0.25) is 5.02 Å². The number of benzene rings is 2. The van der Waals surface area contributed by atoms with Gasteiger partial charge in [0.25, 0.3) is 5.91 Å². The van der Waals surface area contributed by atoms with Crippen molar-refractivity contribution in [3.63, 3.8) is 0 Å². The van der Waals surface area contributed by atoms with Crippen LogP contribution in [0.15, 0.2) is 42.5 Å². The summed E-state index contributed by atoms with van der Waals surface area (Å²) < 4.78 is 24.5. The quantitative estimate of drug-likeness (QED) is 0.677. The van der Waals surface area contributed by atoms with Crippen LogP contribution in [0.25, 0.3) is 0 Å². The molecule has 0 radical (unpaired) electrons. The van der Waals surface area contributed by atoms with Crippen LogP contribution in [0.3, 0.4) is 0 Å². The maximum Gasteiger partial charge on any atom is 0.305 e. The van der Waals surface area contributed by atoms with E-state index in [0.717, 1.165) is 6.07 Å². The molecule has 1 unspecified atom stereocenters. The molecule has 1 amide bonds. The summed E-state index contributed by atoms with van der Waals surface area (Å²) in [5, 5.41) is 11.5. The lowest BCUT2D eigenvalue weighted by molar-refractivity contribution is -0.137. The Morgan fingerprint density at radius 3 is 2.44 bits per heavy atom. The Kier molecular flexibility index (Phi) is 7.43. The molecule has 2 aromatic carbocycles. The third-order valence-electron chi connectivity index (χ3n) is 3.57. The van der Waals surface area contributed by atoms with Gasteiger partial charge in [-0.1, -0.05) is 29.8 Å². The highest BCUT2D eigenvalue weighted by Crippen LogP contribution is 2.26. The molecule has 0 aromatic heterocycles. The van der Waals surface area contributed by atoms with Crippen LogP contribution in [-0.2, 0) is 9.59 Å². The summed E-state index contributed by atoms with van der Waals surface area (Å²) in [6, 6.07) is 9.82. The number of amides is 1. The van der Waals surface area contributed by atoms with Gasteiger partial charge in [-0.3, -0.25) is 9.59 Å². The van der Waals surface area contributed by atoms with Gasteiger partial charge in [0.2, 0.25) is 0 Å². The maximum absolute atomic E-state index is 13.7. The van der Waals surface area contributed by atoms with E-state index in [0.29, 0.717) is 23.7 Å². The van der Waals surface area contributed by atoms with Crippen molar-refractivity contribution in [1.29, 1.82) is 0 Å². The molecule has 0 aliphatic heterocycles. The Morgan fingerprint density at radius 1 is 1.19 bits per heavy atom. The van der Waals surface area contributed by atoms with E-state index < -0.39 is 30.2 Å². The van der Waals surface area contributed by atoms with E-state index in [2.05, 4.69) is 5.32 Å². The van der Waals surface area contributed by atoms with E-state index in [9.17, 15) is 14.0 Å². The predicted octanol–water partition coefficient (Wildman–Crippen LogP) is 3.59. The second-order valence-corrected chi connectivity index (χ2v) is 5.97. The van der Waals surface area contributed by atoms with Gasteiger partial charge in [-0.15, -0.1) is 0 Å². The minimum absolute atomic E-state index is 0.0879. The molecule has 1 atom stereocenters. The molecule has 27 heavy (non-hydrogen) atoms. The van der Waals surface area contributed by atoms with Crippen molar-refractivity contribution in [3.05, 3.63) is 58.9 Å². The van der Waals surface area contributed by atoms with Gasteiger partial charge in [-0.2, -0.15) is 0 Å². The molecule has 0 heterocycles. The molecular formula is C19H19ClFNO5. The molecule has 2 aromatic rings. The summed E-state index contributed by atoms with van der Waals surface area (Å²) in [4.78, 5) is 23.3. The smallest absolute Gasteiger partial charge is 0.305 e. The summed E-state index contributed by atoms with van der Waals surface area (Å²) in [5.74, 6) is -1.50. The Morgan fingerprint density at radius 2 is 1.85 bits per heavy atom. The van der Waals surface area contributed by atoms with Crippen LogP contribution in [0.5, 0.6) is 11.5 Å². The number of rotatable bonds is 9. The molecule has 8 heteroatoms. The second-order valence-electron chi connectivity index (χ2n) is 5.56. The Bertz CT molecular complexity index is 814. The highest BCUT2D eigenvalue weighted by Gasteiger charge is 2.20. The largest absolute Gasteiger partial charge is 0.490 e. The van der Waals surface area contributed by atoms with Gasteiger partial charge in [0.1, 0.15) is 5.82 Å². The number of hydrogen-bond acceptors (Lipinski definition) is 4. The molecule has 0 aliphatic rings. The van der Waals surface area contributed by atoms with Crippen LogP contribution in [0, 0.1) is 5.82 Å². The van der Waals surface area contributed by atoms with Crippen molar-refractivity contribution in [2.45, 2.75) is 19.4 Å². The van der Waals surface area contributed by atoms with E-state index in [1.54, 1.807) is 24.3 Å².